The van der Waals surface area contributed by atoms with E-state index in [1.54, 1.807) is 18.2 Å². The Bertz CT molecular complexity index is 1590. The number of nitrogens with one attached hydrogen (secondary N) is 1. The Morgan fingerprint density at radius 3 is 2.58 bits per heavy atom. The van der Waals surface area contributed by atoms with Gasteiger partial charge in [-0.3, -0.25) is 14.3 Å². The van der Waals surface area contributed by atoms with E-state index in [4.69, 9.17) is 0 Å². The number of hydrogen-bond donors (Lipinski definition) is 2. The summed E-state index contributed by atoms with van der Waals surface area (Å²) in [5.74, 6) is -0.887. The standard InChI is InChI=1S/C30H30N4O4/c1-18(2)34-27-22(17-32-34)15-30(16-26(27)35)7-10-33(11-8-30)28(36)21-13-24(23-6-9-31-25(23)14-21)19-4-3-5-20(12-19)29(37)38/h3-6,9,12-14,17-18,31H,7-8,10-11,15-16H2,1-2H3,(H,37,38). The Morgan fingerprint density at radius 1 is 1.05 bits per heavy atom. The van der Waals surface area contributed by atoms with Gasteiger partial charge in [-0.15, -0.1) is 0 Å². The van der Waals surface area contributed by atoms with Crippen LogP contribution in [0.3, 0.4) is 0 Å². The lowest BCUT2D eigenvalue weighted by molar-refractivity contribution is 0.0516. The van der Waals surface area contributed by atoms with Crippen LogP contribution >= 0.6 is 0 Å². The largest absolute Gasteiger partial charge is 0.478 e. The molecule has 0 radical (unpaired) electrons. The predicted molar refractivity (Wildman–Crippen MR) is 144 cm³/mol. The molecule has 2 N–H and O–H groups in total. The number of benzene rings is 2. The third kappa shape index (κ3) is 4.00. The minimum Gasteiger partial charge on any atom is -0.478 e. The van der Waals surface area contributed by atoms with E-state index >= 15 is 0 Å². The van der Waals surface area contributed by atoms with Crippen LogP contribution in [-0.2, 0) is 6.42 Å². The quantitative estimate of drug-likeness (QED) is 0.384. The smallest absolute Gasteiger partial charge is 0.335 e. The number of aromatic nitrogens is 3. The Morgan fingerprint density at radius 2 is 1.84 bits per heavy atom. The average Bonchev–Trinajstić information content (AvgIpc) is 3.55. The summed E-state index contributed by atoms with van der Waals surface area (Å²) in [5.41, 5.74) is 4.81. The van der Waals surface area contributed by atoms with Gasteiger partial charge in [0.25, 0.3) is 5.91 Å². The van der Waals surface area contributed by atoms with Crippen LogP contribution in [0.25, 0.3) is 22.0 Å². The van der Waals surface area contributed by atoms with Gasteiger partial charge in [0.05, 0.1) is 11.8 Å². The van der Waals surface area contributed by atoms with Crippen molar-refractivity contribution in [2.75, 3.05) is 13.1 Å². The lowest BCUT2D eigenvalue weighted by Gasteiger charge is -2.43. The second-order valence-corrected chi connectivity index (χ2v) is 11.0. The molecule has 194 valence electrons. The Labute approximate surface area is 220 Å². The zero-order chi connectivity index (χ0) is 26.6. The maximum absolute atomic E-state index is 13.7. The minimum atomic E-state index is -0.989. The van der Waals surface area contributed by atoms with E-state index in [9.17, 15) is 19.5 Å². The lowest BCUT2D eigenvalue weighted by Crippen LogP contribution is -2.46. The third-order valence-corrected chi connectivity index (χ3v) is 8.17. The fraction of sp³-hybridized carbons (Fsp3) is 0.333. The second kappa shape index (κ2) is 8.97. The molecule has 2 aromatic carbocycles. The van der Waals surface area contributed by atoms with E-state index in [0.29, 0.717) is 25.1 Å². The van der Waals surface area contributed by atoms with Gasteiger partial charge in [-0.25, -0.2) is 4.79 Å². The number of aromatic carboxylic acids is 1. The number of likely N-dealkylation sites (tertiary alicyclic amines) is 1. The molecule has 2 aliphatic rings. The van der Waals surface area contributed by atoms with Crippen molar-refractivity contribution in [1.29, 1.82) is 0 Å². The topological polar surface area (TPSA) is 108 Å². The molecule has 1 saturated heterocycles. The number of hydrogen-bond acceptors (Lipinski definition) is 4. The van der Waals surface area contributed by atoms with Gasteiger partial charge in [-0.05, 0) is 80.0 Å². The average molecular weight is 511 g/mol. The first-order valence-corrected chi connectivity index (χ1v) is 13.1. The molecule has 38 heavy (non-hydrogen) atoms. The Balaban J connectivity index is 1.25. The molecule has 2 aromatic heterocycles. The molecule has 6 rings (SSSR count). The maximum Gasteiger partial charge on any atom is 0.335 e. The fourth-order valence-corrected chi connectivity index (χ4v) is 6.19. The van der Waals surface area contributed by atoms with Crippen LogP contribution in [0.5, 0.6) is 0 Å². The number of aromatic amines is 1. The summed E-state index contributed by atoms with van der Waals surface area (Å²) in [6.45, 7) is 5.25. The highest BCUT2D eigenvalue weighted by atomic mass is 16.4. The van der Waals surface area contributed by atoms with Gasteiger partial charge in [0.15, 0.2) is 5.78 Å². The molecule has 0 bridgehead atoms. The Kier molecular flexibility index (Phi) is 5.70. The van der Waals surface area contributed by atoms with Crippen LogP contribution in [0.4, 0.5) is 0 Å². The van der Waals surface area contributed by atoms with Gasteiger partial charge >= 0.3 is 5.97 Å². The van der Waals surface area contributed by atoms with Crippen molar-refractivity contribution < 1.29 is 19.5 Å². The highest BCUT2D eigenvalue weighted by molar-refractivity contribution is 6.04. The zero-order valence-corrected chi connectivity index (χ0v) is 21.5. The number of carbonyl (C=O) groups excluding carboxylic acids is 2. The molecule has 1 fully saturated rings. The number of carboxylic acid groups (broad SMARTS) is 1. The van der Waals surface area contributed by atoms with Crippen LogP contribution in [0.1, 0.15) is 75.9 Å². The number of nitrogens with zero attached hydrogens (tertiary/aromatic N) is 3. The van der Waals surface area contributed by atoms with Gasteiger partial charge in [0.1, 0.15) is 5.69 Å². The number of ketones is 1. The van der Waals surface area contributed by atoms with Crippen molar-refractivity contribution >= 4 is 28.6 Å². The molecule has 0 unspecified atom stereocenters. The number of H-pyrrole nitrogens is 1. The third-order valence-electron chi connectivity index (χ3n) is 8.17. The molecule has 1 aliphatic carbocycles. The monoisotopic (exact) mass is 510 g/mol. The Hall–Kier alpha value is -4.20. The van der Waals surface area contributed by atoms with E-state index in [-0.39, 0.29) is 28.7 Å². The molecule has 8 heteroatoms. The number of amides is 1. The fourth-order valence-electron chi connectivity index (χ4n) is 6.19. The van der Waals surface area contributed by atoms with Crippen LogP contribution in [0.15, 0.2) is 54.9 Å². The van der Waals surface area contributed by atoms with E-state index < -0.39 is 5.97 Å². The minimum absolute atomic E-state index is 0.0533. The summed E-state index contributed by atoms with van der Waals surface area (Å²) in [7, 11) is 0. The summed E-state index contributed by atoms with van der Waals surface area (Å²) >= 11 is 0. The normalized spacial score (nSPS) is 16.8. The molecule has 0 atom stereocenters. The SMILES string of the molecule is CC(C)n1ncc2c1C(=O)CC1(CCN(C(=O)c3cc(-c4cccc(C(=O)O)c4)c4cc[nH]c4c3)CC1)C2. The number of carbonyl (C=O) groups is 3. The molecule has 1 spiro atoms. The van der Waals surface area contributed by atoms with Crippen LogP contribution < -0.4 is 0 Å². The number of fused-ring (bicyclic) bond motifs is 2. The molecule has 8 nitrogen and oxygen atoms in total. The zero-order valence-electron chi connectivity index (χ0n) is 21.5. The van der Waals surface area contributed by atoms with Gasteiger partial charge in [0.2, 0.25) is 0 Å². The first-order chi connectivity index (χ1) is 18.2. The van der Waals surface area contributed by atoms with E-state index in [1.807, 2.05) is 60.1 Å². The van der Waals surface area contributed by atoms with Gasteiger partial charge in [-0.1, -0.05) is 12.1 Å². The van der Waals surface area contributed by atoms with Crippen molar-refractivity contribution in [2.24, 2.45) is 5.41 Å². The van der Waals surface area contributed by atoms with Crippen LogP contribution in [0, 0.1) is 5.41 Å². The highest BCUT2D eigenvalue weighted by Crippen LogP contribution is 2.44. The number of carboxylic acids is 1. The first kappa shape index (κ1) is 24.2. The van der Waals surface area contributed by atoms with Gasteiger partial charge < -0.3 is 15.0 Å². The summed E-state index contributed by atoms with van der Waals surface area (Å²) < 4.78 is 1.84. The molecule has 4 aromatic rings. The number of Topliss-reactive ketones (excluding diaryl/α,β-unsaturated/α-hetero) is 1. The first-order valence-electron chi connectivity index (χ1n) is 13.1. The van der Waals surface area contributed by atoms with Crippen molar-refractivity contribution in [3.05, 3.63) is 77.2 Å². The maximum atomic E-state index is 13.7. The summed E-state index contributed by atoms with van der Waals surface area (Å²) in [6.07, 6.45) is 6.53. The molecular weight excluding hydrogens is 480 g/mol. The molecular formula is C30H30N4O4. The van der Waals surface area contributed by atoms with Crippen LogP contribution in [-0.4, -0.2) is 55.5 Å². The van der Waals surface area contributed by atoms with Crippen molar-refractivity contribution in [1.82, 2.24) is 19.7 Å². The predicted octanol–water partition coefficient (Wildman–Crippen LogP) is 5.36. The lowest BCUT2D eigenvalue weighted by atomic mass is 9.67. The summed E-state index contributed by atoms with van der Waals surface area (Å²) in [4.78, 5) is 43.4. The summed E-state index contributed by atoms with van der Waals surface area (Å²) in [5, 5.41) is 14.9. The van der Waals surface area contributed by atoms with Gasteiger partial charge in [0, 0.05) is 53.8 Å². The number of piperidine rings is 1. The van der Waals surface area contributed by atoms with E-state index in [0.717, 1.165) is 52.5 Å². The van der Waals surface area contributed by atoms with Crippen molar-refractivity contribution in [3.8, 4) is 11.1 Å². The molecule has 0 saturated carbocycles. The van der Waals surface area contributed by atoms with Crippen molar-refractivity contribution in [3.63, 3.8) is 0 Å². The van der Waals surface area contributed by atoms with Gasteiger partial charge in [-0.2, -0.15) is 5.10 Å². The molecule has 1 aliphatic heterocycles. The molecule has 1 amide bonds. The molecule has 3 heterocycles. The van der Waals surface area contributed by atoms with Crippen molar-refractivity contribution in [2.45, 2.75) is 45.6 Å². The number of rotatable bonds is 4. The van der Waals surface area contributed by atoms with Crippen LogP contribution in [0.2, 0.25) is 0 Å². The highest BCUT2D eigenvalue weighted by Gasteiger charge is 2.43. The second-order valence-electron chi connectivity index (χ2n) is 11.0. The van der Waals surface area contributed by atoms with E-state index in [2.05, 4.69) is 10.1 Å². The van der Waals surface area contributed by atoms with E-state index in [1.165, 1.54) is 0 Å². The summed E-state index contributed by atoms with van der Waals surface area (Å²) in [6, 6.07) is 12.6.